The van der Waals surface area contributed by atoms with Gasteiger partial charge in [0, 0.05) is 36.6 Å². The number of rotatable bonds is 6. The second-order valence-corrected chi connectivity index (χ2v) is 7.46. The summed E-state index contributed by atoms with van der Waals surface area (Å²) in [5.41, 5.74) is 0.267. The van der Waals surface area contributed by atoms with Gasteiger partial charge in [-0.1, -0.05) is 6.07 Å². The Kier molecular flexibility index (Phi) is 6.18. The monoisotopic (exact) mass is 387 g/mol. The van der Waals surface area contributed by atoms with Gasteiger partial charge < -0.3 is 15.3 Å². The van der Waals surface area contributed by atoms with Crippen molar-refractivity contribution in [2.75, 3.05) is 19.6 Å². The average Bonchev–Trinajstić information content (AvgIpc) is 3.21. The smallest absolute Gasteiger partial charge is 0.354 e. The molecule has 1 aliphatic heterocycles. The lowest BCUT2D eigenvalue weighted by Gasteiger charge is -2.31. The number of carboxylic acids is 1. The minimum Gasteiger partial charge on any atom is -0.477 e. The van der Waals surface area contributed by atoms with Gasteiger partial charge >= 0.3 is 5.97 Å². The molecule has 2 N–H and O–H groups in total. The van der Waals surface area contributed by atoms with Gasteiger partial charge in [-0.05, 0) is 42.8 Å². The number of hydrogen-bond acceptors (Lipinski definition) is 5. The molecule has 0 bridgehead atoms. The minimum absolute atomic E-state index is 0.0473. The molecule has 8 heteroatoms. The zero-order valence-corrected chi connectivity index (χ0v) is 15.6. The molecule has 2 amide bonds. The molecule has 0 radical (unpaired) electrons. The van der Waals surface area contributed by atoms with Crippen LogP contribution < -0.4 is 5.32 Å². The van der Waals surface area contributed by atoms with Crippen LogP contribution in [0.1, 0.15) is 38.6 Å². The largest absolute Gasteiger partial charge is 0.477 e. The molecule has 7 nitrogen and oxygen atoms in total. The van der Waals surface area contributed by atoms with E-state index in [1.165, 1.54) is 23.2 Å². The van der Waals surface area contributed by atoms with Crippen molar-refractivity contribution in [2.45, 2.75) is 19.3 Å². The summed E-state index contributed by atoms with van der Waals surface area (Å²) in [6.07, 6.45) is 3.36. The zero-order chi connectivity index (χ0) is 19.2. The van der Waals surface area contributed by atoms with Crippen LogP contribution in [0.2, 0.25) is 0 Å². The Morgan fingerprint density at radius 3 is 2.59 bits per heavy atom. The molecule has 2 aromatic rings. The van der Waals surface area contributed by atoms with Gasteiger partial charge in [0.15, 0.2) is 0 Å². The highest BCUT2D eigenvalue weighted by atomic mass is 32.1. The van der Waals surface area contributed by atoms with Gasteiger partial charge in [-0.3, -0.25) is 9.59 Å². The quantitative estimate of drug-likeness (QED) is 0.790. The number of aromatic nitrogens is 1. The molecule has 1 aliphatic rings. The molecule has 0 aromatic carbocycles. The minimum atomic E-state index is -1.13. The van der Waals surface area contributed by atoms with E-state index >= 15 is 0 Å². The van der Waals surface area contributed by atoms with Crippen LogP contribution in [0.4, 0.5) is 0 Å². The number of nitrogens with one attached hydrogen (secondary N) is 1. The van der Waals surface area contributed by atoms with Crippen LogP contribution in [0, 0.1) is 5.92 Å². The molecule has 0 aliphatic carbocycles. The third-order valence-corrected chi connectivity index (χ3v) is 5.57. The number of pyridine rings is 1. The SMILES string of the molecule is O=C(O)c1ccc(C(=O)N2CCC(C(=O)NCCc3cccs3)CC2)cn1. The lowest BCUT2D eigenvalue weighted by Crippen LogP contribution is -2.43. The van der Waals surface area contributed by atoms with E-state index in [4.69, 9.17) is 5.11 Å². The van der Waals surface area contributed by atoms with E-state index in [1.54, 1.807) is 16.2 Å². The molecular formula is C19H21N3O4S. The second-order valence-electron chi connectivity index (χ2n) is 6.42. The topological polar surface area (TPSA) is 99.6 Å². The molecule has 27 heavy (non-hydrogen) atoms. The Hall–Kier alpha value is -2.74. The fraction of sp³-hybridized carbons (Fsp3) is 0.368. The van der Waals surface area contributed by atoms with Crippen molar-refractivity contribution in [3.05, 3.63) is 52.0 Å². The summed E-state index contributed by atoms with van der Waals surface area (Å²) in [5.74, 6) is -1.34. The van der Waals surface area contributed by atoms with Gasteiger partial charge in [-0.25, -0.2) is 9.78 Å². The maximum atomic E-state index is 12.5. The van der Waals surface area contributed by atoms with E-state index in [1.807, 2.05) is 11.4 Å². The Morgan fingerprint density at radius 1 is 1.22 bits per heavy atom. The molecule has 0 spiro atoms. The Morgan fingerprint density at radius 2 is 2.00 bits per heavy atom. The van der Waals surface area contributed by atoms with Gasteiger partial charge in [-0.15, -0.1) is 11.3 Å². The number of thiophene rings is 1. The number of likely N-dealkylation sites (tertiary alicyclic amines) is 1. The van der Waals surface area contributed by atoms with E-state index in [0.29, 0.717) is 38.0 Å². The summed E-state index contributed by atoms with van der Waals surface area (Å²) in [5, 5.41) is 13.9. The molecule has 3 rings (SSSR count). The van der Waals surface area contributed by atoms with E-state index < -0.39 is 5.97 Å². The summed E-state index contributed by atoms with van der Waals surface area (Å²) in [4.78, 5) is 42.3. The molecule has 142 valence electrons. The molecule has 1 fully saturated rings. The van der Waals surface area contributed by atoms with Crippen LogP contribution in [0.25, 0.3) is 0 Å². The Bertz CT molecular complexity index is 797. The van der Waals surface area contributed by atoms with E-state index in [9.17, 15) is 14.4 Å². The number of amides is 2. The average molecular weight is 387 g/mol. The van der Waals surface area contributed by atoms with E-state index in [0.717, 1.165) is 6.42 Å². The van der Waals surface area contributed by atoms with Crippen molar-refractivity contribution in [1.82, 2.24) is 15.2 Å². The Labute approximate surface area is 161 Å². The van der Waals surface area contributed by atoms with Crippen LogP contribution in [-0.4, -0.2) is 52.4 Å². The van der Waals surface area contributed by atoms with E-state index in [-0.39, 0.29) is 23.4 Å². The number of carbonyl (C=O) groups excluding carboxylic acids is 2. The standard InChI is InChI=1S/C19H21N3O4S/c23-17(20-8-5-15-2-1-11-27-15)13-6-9-22(10-7-13)18(24)14-3-4-16(19(25)26)21-12-14/h1-4,11-13H,5-10H2,(H,20,23)(H,25,26). The van der Waals surface area contributed by atoms with Crippen LogP contribution in [0.3, 0.4) is 0 Å². The first-order valence-corrected chi connectivity index (χ1v) is 9.71. The van der Waals surface area contributed by atoms with Crippen molar-refractivity contribution in [3.63, 3.8) is 0 Å². The first-order chi connectivity index (χ1) is 13.0. The summed E-state index contributed by atoms with van der Waals surface area (Å²) >= 11 is 1.68. The lowest BCUT2D eigenvalue weighted by molar-refractivity contribution is -0.126. The third kappa shape index (κ3) is 4.91. The second kappa shape index (κ2) is 8.77. The van der Waals surface area contributed by atoms with Crippen LogP contribution in [0.5, 0.6) is 0 Å². The summed E-state index contributed by atoms with van der Waals surface area (Å²) in [6, 6.07) is 6.85. The number of carbonyl (C=O) groups is 3. The highest BCUT2D eigenvalue weighted by Crippen LogP contribution is 2.19. The first-order valence-electron chi connectivity index (χ1n) is 8.83. The van der Waals surface area contributed by atoms with E-state index in [2.05, 4.69) is 16.4 Å². The predicted octanol–water partition coefficient (Wildman–Crippen LogP) is 2.05. The molecule has 0 atom stereocenters. The predicted molar refractivity (Wildman–Crippen MR) is 101 cm³/mol. The van der Waals surface area contributed by atoms with Crippen LogP contribution in [0.15, 0.2) is 35.8 Å². The van der Waals surface area contributed by atoms with Crippen LogP contribution >= 0.6 is 11.3 Å². The molecule has 2 aromatic heterocycles. The summed E-state index contributed by atoms with van der Waals surface area (Å²) in [7, 11) is 0. The lowest BCUT2D eigenvalue weighted by atomic mass is 9.95. The number of aromatic carboxylic acids is 1. The molecule has 0 saturated carbocycles. The summed E-state index contributed by atoms with van der Waals surface area (Å²) < 4.78 is 0. The van der Waals surface area contributed by atoms with Crippen molar-refractivity contribution >= 4 is 29.1 Å². The highest BCUT2D eigenvalue weighted by molar-refractivity contribution is 7.09. The Balaban J connectivity index is 1.45. The van der Waals surface area contributed by atoms with Crippen LogP contribution in [-0.2, 0) is 11.2 Å². The first kappa shape index (κ1) is 19.0. The molecular weight excluding hydrogens is 366 g/mol. The molecule has 1 saturated heterocycles. The van der Waals surface area contributed by atoms with Gasteiger partial charge in [0.05, 0.1) is 5.56 Å². The molecule has 3 heterocycles. The highest BCUT2D eigenvalue weighted by Gasteiger charge is 2.27. The van der Waals surface area contributed by atoms with Crippen molar-refractivity contribution in [2.24, 2.45) is 5.92 Å². The fourth-order valence-corrected chi connectivity index (χ4v) is 3.79. The molecule has 0 unspecified atom stereocenters. The third-order valence-electron chi connectivity index (χ3n) is 4.63. The van der Waals surface area contributed by atoms with Crippen molar-refractivity contribution in [1.29, 1.82) is 0 Å². The zero-order valence-electron chi connectivity index (χ0n) is 14.8. The summed E-state index contributed by atoms with van der Waals surface area (Å²) in [6.45, 7) is 1.63. The van der Waals surface area contributed by atoms with Gasteiger partial charge in [-0.2, -0.15) is 0 Å². The maximum absolute atomic E-state index is 12.5. The maximum Gasteiger partial charge on any atom is 0.354 e. The van der Waals surface area contributed by atoms with Gasteiger partial charge in [0.25, 0.3) is 5.91 Å². The van der Waals surface area contributed by atoms with Gasteiger partial charge in [0.2, 0.25) is 5.91 Å². The van der Waals surface area contributed by atoms with Crippen molar-refractivity contribution < 1.29 is 19.5 Å². The fourth-order valence-electron chi connectivity index (χ4n) is 3.08. The van der Waals surface area contributed by atoms with Crippen molar-refractivity contribution in [3.8, 4) is 0 Å². The number of hydrogen-bond donors (Lipinski definition) is 2. The number of piperidine rings is 1. The number of carboxylic acid groups (broad SMARTS) is 1. The normalized spacial score (nSPS) is 14.7. The number of nitrogens with zero attached hydrogens (tertiary/aromatic N) is 2. The van der Waals surface area contributed by atoms with Gasteiger partial charge in [0.1, 0.15) is 5.69 Å².